The Morgan fingerprint density at radius 2 is 0.900 bits per heavy atom. The van der Waals surface area contributed by atoms with Crippen molar-refractivity contribution in [2.45, 2.75) is 88.5 Å². The van der Waals surface area contributed by atoms with Crippen molar-refractivity contribution in [3.63, 3.8) is 0 Å². The monoisotopic (exact) mass is 562 g/mol. The molecule has 1 aromatic rings. The summed E-state index contributed by atoms with van der Waals surface area (Å²) in [5, 5.41) is 21.2. The van der Waals surface area contributed by atoms with Crippen LogP contribution in [0.2, 0.25) is 0 Å². The molecule has 2 saturated heterocycles. The van der Waals surface area contributed by atoms with E-state index in [1.807, 2.05) is 24.3 Å². The van der Waals surface area contributed by atoms with E-state index in [0.717, 1.165) is 62.9 Å². The van der Waals surface area contributed by atoms with E-state index >= 15 is 0 Å². The minimum atomic E-state index is -0.453. The summed E-state index contributed by atoms with van der Waals surface area (Å²) < 4.78 is 11.8. The van der Waals surface area contributed by atoms with Gasteiger partial charge in [-0.25, -0.2) is 0 Å². The lowest BCUT2D eigenvalue weighted by Crippen LogP contribution is -3.30. The Kier molecular flexibility index (Phi) is 11.8. The maximum absolute atomic E-state index is 10.6. The lowest BCUT2D eigenvalue weighted by Gasteiger charge is -2.36. The predicted molar refractivity (Wildman–Crippen MR) is 156 cm³/mol. The van der Waals surface area contributed by atoms with Gasteiger partial charge in [0.1, 0.15) is 102 Å². The average Bonchev–Trinajstić information content (AvgIpc) is 3.01. The summed E-state index contributed by atoms with van der Waals surface area (Å²) >= 11 is 0. The smallest absolute Gasteiger partial charge is 0.137 e. The highest BCUT2D eigenvalue weighted by Gasteiger charge is 2.32. The number of aliphatic hydroxyl groups excluding tert-OH is 2. The molecule has 2 heterocycles. The first kappa shape index (κ1) is 30.1. The zero-order valence-corrected chi connectivity index (χ0v) is 24.9. The molecule has 8 heteroatoms. The number of hydrogen-bond acceptors (Lipinski definition) is 4. The maximum Gasteiger partial charge on any atom is 0.137 e. The number of rotatable bonds is 12. The Morgan fingerprint density at radius 3 is 1.25 bits per heavy atom. The normalized spacial score (nSPS) is 30.4. The first-order chi connectivity index (χ1) is 19.6. The van der Waals surface area contributed by atoms with Crippen LogP contribution in [0.15, 0.2) is 24.3 Å². The minimum Gasteiger partial charge on any atom is -0.491 e. The zero-order valence-electron chi connectivity index (χ0n) is 24.9. The molecular weight excluding hydrogens is 504 g/mol. The van der Waals surface area contributed by atoms with Gasteiger partial charge in [0.05, 0.1) is 12.1 Å². The van der Waals surface area contributed by atoms with Crippen LogP contribution in [0.5, 0.6) is 11.5 Å². The third-order valence-corrected chi connectivity index (χ3v) is 10.3. The molecule has 0 bridgehead atoms. The van der Waals surface area contributed by atoms with Gasteiger partial charge in [0, 0.05) is 0 Å². The van der Waals surface area contributed by atoms with Crippen molar-refractivity contribution in [1.29, 1.82) is 0 Å². The molecule has 1 aromatic carbocycles. The van der Waals surface area contributed by atoms with Crippen molar-refractivity contribution in [3.05, 3.63) is 24.3 Å². The summed E-state index contributed by atoms with van der Waals surface area (Å²) in [6.45, 7) is 11.7. The summed E-state index contributed by atoms with van der Waals surface area (Å²) in [6, 6.07) is 9.34. The lowest BCUT2D eigenvalue weighted by molar-refractivity contribution is -1.02. The SMILES string of the molecule is O[C@H](COc1ccc(OC[C@H](O)C[NH+]2CC[NH+](C3CCCCC3)CC2)cc1)C[NH+]1CC[NH+](C2CCCCC2)CC1. The third kappa shape index (κ3) is 9.30. The fraction of sp³-hybridized carbons (Fsp3) is 0.812. The van der Waals surface area contributed by atoms with Gasteiger partial charge in [-0.15, -0.1) is 0 Å². The van der Waals surface area contributed by atoms with Crippen molar-refractivity contribution in [1.82, 2.24) is 0 Å². The second kappa shape index (κ2) is 15.7. The van der Waals surface area contributed by atoms with E-state index in [1.54, 1.807) is 9.80 Å². The Hall–Kier alpha value is -1.42. The van der Waals surface area contributed by atoms with Crippen molar-refractivity contribution in [2.24, 2.45) is 0 Å². The van der Waals surface area contributed by atoms with Crippen LogP contribution in [0, 0.1) is 0 Å². The average molecular weight is 563 g/mol. The van der Waals surface area contributed by atoms with Gasteiger partial charge in [-0.3, -0.25) is 0 Å². The van der Waals surface area contributed by atoms with Gasteiger partial charge in [0.2, 0.25) is 0 Å². The number of nitrogens with one attached hydrogen (secondary N) is 4. The Labute approximate surface area is 242 Å². The van der Waals surface area contributed by atoms with E-state index in [-0.39, 0.29) is 0 Å². The highest BCUT2D eigenvalue weighted by molar-refractivity contribution is 5.31. The number of hydrogen-bond donors (Lipinski definition) is 6. The molecule has 0 aromatic heterocycles. The van der Waals surface area contributed by atoms with Crippen LogP contribution in [-0.2, 0) is 0 Å². The second-order valence-electron chi connectivity index (χ2n) is 13.3. The van der Waals surface area contributed by atoms with Crippen LogP contribution < -0.4 is 29.1 Å². The Bertz CT molecular complexity index is 761. The molecule has 2 saturated carbocycles. The largest absolute Gasteiger partial charge is 0.491 e. The molecule has 40 heavy (non-hydrogen) atoms. The molecule has 0 radical (unpaired) electrons. The van der Waals surface area contributed by atoms with Gasteiger partial charge in [-0.2, -0.15) is 0 Å². The van der Waals surface area contributed by atoms with Crippen LogP contribution in [0.25, 0.3) is 0 Å². The molecule has 0 spiro atoms. The number of ether oxygens (including phenoxy) is 2. The fourth-order valence-electron chi connectivity index (χ4n) is 7.90. The fourth-order valence-corrected chi connectivity index (χ4v) is 7.90. The first-order valence-corrected chi connectivity index (χ1v) is 16.7. The van der Waals surface area contributed by atoms with Gasteiger partial charge in [-0.1, -0.05) is 12.8 Å². The van der Waals surface area contributed by atoms with Gasteiger partial charge in [0.15, 0.2) is 0 Å². The molecule has 4 aliphatic rings. The molecule has 6 N–H and O–H groups in total. The molecule has 0 unspecified atom stereocenters. The van der Waals surface area contributed by atoms with E-state index in [1.165, 1.54) is 100 Å². The highest BCUT2D eigenvalue weighted by atomic mass is 16.5. The summed E-state index contributed by atoms with van der Waals surface area (Å²) in [5.74, 6) is 1.49. The van der Waals surface area contributed by atoms with Gasteiger partial charge in [0.25, 0.3) is 0 Å². The number of benzene rings is 1. The van der Waals surface area contributed by atoms with Crippen molar-refractivity contribution >= 4 is 0 Å². The Morgan fingerprint density at radius 1 is 0.550 bits per heavy atom. The standard InChI is InChI=1S/C32H54N4O4/c37-29(23-33-15-19-35(20-16-33)27-7-3-1-4-8-27)25-39-31-11-13-32(14-12-31)40-26-30(38)24-34-17-21-36(22-18-34)28-9-5-2-6-10-28/h11-14,27-30,37-38H,1-10,15-26H2/p+4/t29-,30+. The number of piperazine rings is 2. The summed E-state index contributed by atoms with van der Waals surface area (Å²) in [4.78, 5) is 6.62. The summed E-state index contributed by atoms with van der Waals surface area (Å²) in [7, 11) is 0. The first-order valence-electron chi connectivity index (χ1n) is 16.7. The Balaban J connectivity index is 0.928. The van der Waals surface area contributed by atoms with E-state index < -0.39 is 12.2 Å². The van der Waals surface area contributed by atoms with Crippen LogP contribution >= 0.6 is 0 Å². The van der Waals surface area contributed by atoms with E-state index in [4.69, 9.17) is 9.47 Å². The van der Waals surface area contributed by atoms with Crippen LogP contribution in [0.4, 0.5) is 0 Å². The zero-order chi connectivity index (χ0) is 27.6. The molecule has 0 amide bonds. The highest BCUT2D eigenvalue weighted by Crippen LogP contribution is 2.18. The van der Waals surface area contributed by atoms with Gasteiger partial charge >= 0.3 is 0 Å². The molecule has 5 rings (SSSR count). The molecule has 2 aliphatic heterocycles. The van der Waals surface area contributed by atoms with Crippen molar-refractivity contribution in [3.8, 4) is 11.5 Å². The molecule has 8 nitrogen and oxygen atoms in total. The third-order valence-electron chi connectivity index (χ3n) is 10.3. The van der Waals surface area contributed by atoms with Crippen LogP contribution in [0.1, 0.15) is 64.2 Å². The molecule has 226 valence electrons. The molecular formula is C32H58N4O4+4. The van der Waals surface area contributed by atoms with E-state index in [0.29, 0.717) is 13.2 Å². The van der Waals surface area contributed by atoms with Gasteiger partial charge < -0.3 is 39.3 Å². The van der Waals surface area contributed by atoms with Crippen molar-refractivity contribution < 1.29 is 39.3 Å². The summed E-state index contributed by atoms with van der Waals surface area (Å²) in [5.41, 5.74) is 0. The molecule has 4 fully saturated rings. The minimum absolute atomic E-state index is 0.320. The predicted octanol–water partition coefficient (Wildman–Crippen LogP) is -2.60. The summed E-state index contributed by atoms with van der Waals surface area (Å²) in [6.07, 6.45) is 13.2. The number of quaternary nitrogens is 4. The van der Waals surface area contributed by atoms with Crippen LogP contribution in [-0.4, -0.2) is 113 Å². The number of aliphatic hydroxyl groups is 2. The maximum atomic E-state index is 10.6. The van der Waals surface area contributed by atoms with Crippen LogP contribution in [0.3, 0.4) is 0 Å². The van der Waals surface area contributed by atoms with Gasteiger partial charge in [-0.05, 0) is 75.6 Å². The second-order valence-corrected chi connectivity index (χ2v) is 13.3. The molecule has 2 atom stereocenters. The van der Waals surface area contributed by atoms with E-state index in [2.05, 4.69) is 0 Å². The topological polar surface area (TPSA) is 76.7 Å². The quantitative estimate of drug-likeness (QED) is 0.169. The molecule has 2 aliphatic carbocycles. The van der Waals surface area contributed by atoms with E-state index in [9.17, 15) is 10.2 Å². The van der Waals surface area contributed by atoms with Crippen molar-refractivity contribution in [2.75, 3.05) is 78.7 Å². The lowest BCUT2D eigenvalue weighted by atomic mass is 9.94.